The van der Waals surface area contributed by atoms with Crippen LogP contribution in [-0.4, -0.2) is 16.7 Å². The lowest BCUT2D eigenvalue weighted by Gasteiger charge is -2.14. The Labute approximate surface area is 120 Å². The van der Waals surface area contributed by atoms with Gasteiger partial charge in [0.1, 0.15) is 5.76 Å². The van der Waals surface area contributed by atoms with Gasteiger partial charge in [0, 0.05) is 29.3 Å². The number of benzene rings is 1. The van der Waals surface area contributed by atoms with E-state index >= 15 is 0 Å². The zero-order valence-electron chi connectivity index (χ0n) is 10.1. The maximum atomic E-state index is 11.7. The summed E-state index contributed by atoms with van der Waals surface area (Å²) < 4.78 is 0. The van der Waals surface area contributed by atoms with Gasteiger partial charge in [-0.15, -0.1) is 0 Å². The first-order chi connectivity index (χ1) is 8.99. The molecule has 0 aliphatic heterocycles. The minimum absolute atomic E-state index is 0.0583. The molecule has 0 radical (unpaired) electrons. The molecule has 1 saturated carbocycles. The molecule has 1 aromatic carbocycles. The zero-order chi connectivity index (χ0) is 14.0. The van der Waals surface area contributed by atoms with Gasteiger partial charge < -0.3 is 5.11 Å². The molecule has 0 spiro atoms. The number of hydrogen-bond donors (Lipinski definition) is 1. The summed E-state index contributed by atoms with van der Waals surface area (Å²) in [5.41, 5.74) is 0.555. The summed E-state index contributed by atoms with van der Waals surface area (Å²) in [5.74, 6) is -0.795. The number of aliphatic hydroxyl groups excluding tert-OH is 1. The Morgan fingerprint density at radius 3 is 2.37 bits per heavy atom. The summed E-state index contributed by atoms with van der Waals surface area (Å²) in [4.78, 5) is 23.4. The van der Waals surface area contributed by atoms with Gasteiger partial charge in [-0.05, 0) is 24.1 Å². The van der Waals surface area contributed by atoms with Gasteiger partial charge in [0.05, 0.1) is 5.57 Å². The normalized spacial score (nSPS) is 15.8. The monoisotopic (exact) mass is 298 g/mol. The number of carbonyl (C=O) groups is 2. The van der Waals surface area contributed by atoms with Crippen LogP contribution in [0.2, 0.25) is 10.0 Å². The Bertz CT molecular complexity index is 558. The Balaban J connectivity index is 2.31. The van der Waals surface area contributed by atoms with Crippen LogP contribution in [0.3, 0.4) is 0 Å². The van der Waals surface area contributed by atoms with Gasteiger partial charge in [-0.3, -0.25) is 9.59 Å². The molecule has 0 aromatic heterocycles. The number of rotatable bonds is 2. The average Bonchev–Trinajstić information content (AvgIpc) is 2.32. The molecular formula is C14H12Cl2O3. The SMILES string of the molecule is O=C1CCCC(=O)C1=C(O)Cc1ccc(Cl)cc1Cl. The van der Waals surface area contributed by atoms with Crippen LogP contribution in [0.5, 0.6) is 0 Å². The predicted octanol–water partition coefficient (Wildman–Crippen LogP) is 3.67. The molecule has 3 nitrogen and oxygen atoms in total. The average molecular weight is 299 g/mol. The van der Waals surface area contributed by atoms with Gasteiger partial charge in [0.15, 0.2) is 11.6 Å². The standard InChI is InChI=1S/C14H12Cl2O3/c15-9-5-4-8(10(16)7-9)6-13(19)14-11(17)2-1-3-12(14)18/h4-5,7,19H,1-3,6H2. The van der Waals surface area contributed by atoms with Crippen LogP contribution < -0.4 is 0 Å². The molecule has 0 saturated heterocycles. The van der Waals surface area contributed by atoms with Gasteiger partial charge >= 0.3 is 0 Å². The van der Waals surface area contributed by atoms with Crippen LogP contribution in [0, 0.1) is 0 Å². The zero-order valence-corrected chi connectivity index (χ0v) is 11.6. The van der Waals surface area contributed by atoms with E-state index in [1.54, 1.807) is 18.2 Å². The molecule has 1 aromatic rings. The van der Waals surface area contributed by atoms with Crippen molar-refractivity contribution >= 4 is 34.8 Å². The number of carbonyl (C=O) groups excluding carboxylic acids is 2. The van der Waals surface area contributed by atoms with Crippen LogP contribution in [-0.2, 0) is 16.0 Å². The van der Waals surface area contributed by atoms with Crippen LogP contribution in [0.1, 0.15) is 24.8 Å². The van der Waals surface area contributed by atoms with Crippen LogP contribution in [0.25, 0.3) is 0 Å². The summed E-state index contributed by atoms with van der Waals surface area (Å²) in [5, 5.41) is 10.9. The summed E-state index contributed by atoms with van der Waals surface area (Å²) in [6, 6.07) is 4.87. The fourth-order valence-corrected chi connectivity index (χ4v) is 2.55. The molecule has 19 heavy (non-hydrogen) atoms. The first-order valence-electron chi connectivity index (χ1n) is 5.91. The van der Waals surface area contributed by atoms with Crippen molar-refractivity contribution in [3.63, 3.8) is 0 Å². The Morgan fingerprint density at radius 2 is 1.79 bits per heavy atom. The van der Waals surface area contributed by atoms with E-state index < -0.39 is 0 Å². The van der Waals surface area contributed by atoms with Crippen molar-refractivity contribution in [2.75, 3.05) is 0 Å². The van der Waals surface area contributed by atoms with E-state index in [0.29, 0.717) is 34.9 Å². The number of ketones is 2. The third kappa shape index (κ3) is 3.17. The van der Waals surface area contributed by atoms with Crippen molar-refractivity contribution in [3.8, 4) is 0 Å². The smallest absolute Gasteiger partial charge is 0.169 e. The predicted molar refractivity (Wildman–Crippen MR) is 73.7 cm³/mol. The molecule has 0 amide bonds. The minimum atomic E-state index is -0.293. The molecule has 0 atom stereocenters. The first-order valence-corrected chi connectivity index (χ1v) is 6.67. The van der Waals surface area contributed by atoms with Crippen LogP contribution in [0.15, 0.2) is 29.5 Å². The number of halogens is 2. The second-order valence-electron chi connectivity index (χ2n) is 4.43. The summed E-state index contributed by atoms with van der Waals surface area (Å²) in [6.45, 7) is 0. The van der Waals surface area contributed by atoms with Crippen LogP contribution >= 0.6 is 23.2 Å². The Morgan fingerprint density at radius 1 is 1.16 bits per heavy atom. The number of Topliss-reactive ketones (excluding diaryl/α,β-unsaturated/α-hetero) is 2. The van der Waals surface area contributed by atoms with Crippen LogP contribution in [0.4, 0.5) is 0 Å². The quantitative estimate of drug-likeness (QED) is 0.515. The van der Waals surface area contributed by atoms with E-state index in [1.807, 2.05) is 0 Å². The third-order valence-corrected chi connectivity index (χ3v) is 3.61. The molecule has 2 rings (SSSR count). The molecule has 1 aliphatic rings. The summed E-state index contributed by atoms with van der Waals surface area (Å²) in [6.07, 6.45) is 1.22. The molecule has 1 aliphatic carbocycles. The number of hydrogen-bond acceptors (Lipinski definition) is 3. The van der Waals surface area contributed by atoms with Crippen molar-refractivity contribution in [2.45, 2.75) is 25.7 Å². The van der Waals surface area contributed by atoms with Crippen molar-refractivity contribution in [1.29, 1.82) is 0 Å². The molecule has 100 valence electrons. The molecule has 1 N–H and O–H groups in total. The van der Waals surface area contributed by atoms with E-state index in [9.17, 15) is 14.7 Å². The van der Waals surface area contributed by atoms with E-state index in [0.717, 1.165) is 0 Å². The largest absolute Gasteiger partial charge is 0.511 e. The number of allylic oxidation sites excluding steroid dienone is 2. The summed E-state index contributed by atoms with van der Waals surface area (Å²) in [7, 11) is 0. The maximum absolute atomic E-state index is 11.7. The molecule has 0 unspecified atom stereocenters. The summed E-state index contributed by atoms with van der Waals surface area (Å²) >= 11 is 11.8. The van der Waals surface area contributed by atoms with Crippen molar-refractivity contribution in [2.24, 2.45) is 0 Å². The highest BCUT2D eigenvalue weighted by Gasteiger charge is 2.27. The first kappa shape index (κ1) is 14.1. The second kappa shape index (κ2) is 5.76. The van der Waals surface area contributed by atoms with Gasteiger partial charge in [-0.1, -0.05) is 29.3 Å². The highest BCUT2D eigenvalue weighted by Crippen LogP contribution is 2.25. The van der Waals surface area contributed by atoms with Crippen molar-refractivity contribution in [3.05, 3.63) is 45.1 Å². The molecule has 0 bridgehead atoms. The molecular weight excluding hydrogens is 287 g/mol. The van der Waals surface area contributed by atoms with Gasteiger partial charge in [0.25, 0.3) is 0 Å². The fraction of sp³-hybridized carbons (Fsp3) is 0.286. The molecule has 1 fully saturated rings. The second-order valence-corrected chi connectivity index (χ2v) is 5.28. The highest BCUT2D eigenvalue weighted by molar-refractivity contribution is 6.35. The third-order valence-electron chi connectivity index (χ3n) is 3.03. The Kier molecular flexibility index (Phi) is 4.27. The molecule has 5 heteroatoms. The topological polar surface area (TPSA) is 54.4 Å². The number of aliphatic hydroxyl groups is 1. The van der Waals surface area contributed by atoms with Gasteiger partial charge in [-0.2, -0.15) is 0 Å². The lowest BCUT2D eigenvalue weighted by molar-refractivity contribution is -0.124. The maximum Gasteiger partial charge on any atom is 0.169 e. The van der Waals surface area contributed by atoms with Crippen molar-refractivity contribution in [1.82, 2.24) is 0 Å². The van der Waals surface area contributed by atoms with E-state index in [1.165, 1.54) is 0 Å². The fourth-order valence-electron chi connectivity index (χ4n) is 2.07. The molecule has 0 heterocycles. The highest BCUT2D eigenvalue weighted by atomic mass is 35.5. The Hall–Kier alpha value is -1.32. The lowest BCUT2D eigenvalue weighted by atomic mass is 9.90. The van der Waals surface area contributed by atoms with Gasteiger partial charge in [0.2, 0.25) is 0 Å². The van der Waals surface area contributed by atoms with E-state index in [4.69, 9.17) is 23.2 Å². The minimum Gasteiger partial charge on any atom is -0.511 e. The lowest BCUT2D eigenvalue weighted by Crippen LogP contribution is -2.21. The van der Waals surface area contributed by atoms with E-state index in [-0.39, 0.29) is 29.3 Å². The van der Waals surface area contributed by atoms with E-state index in [2.05, 4.69) is 0 Å². The van der Waals surface area contributed by atoms with Gasteiger partial charge in [-0.25, -0.2) is 0 Å². The van der Waals surface area contributed by atoms with Crippen molar-refractivity contribution < 1.29 is 14.7 Å².